The molecule has 1 aromatic carbocycles. The second kappa shape index (κ2) is 6.96. The highest BCUT2D eigenvalue weighted by molar-refractivity contribution is 5.58. The van der Waals surface area contributed by atoms with Crippen molar-refractivity contribution in [1.82, 2.24) is 19.8 Å². The average Bonchev–Trinajstić information content (AvgIpc) is 3.31. The molecule has 148 valence electrons. The van der Waals surface area contributed by atoms with Crippen molar-refractivity contribution in [2.75, 3.05) is 29.9 Å². The van der Waals surface area contributed by atoms with Crippen LogP contribution in [-0.4, -0.2) is 39.4 Å². The molecule has 1 aliphatic rings. The van der Waals surface area contributed by atoms with Crippen LogP contribution in [0.4, 0.5) is 24.7 Å². The zero-order chi connectivity index (χ0) is 19.9. The van der Waals surface area contributed by atoms with Gasteiger partial charge >= 0.3 is 6.18 Å². The Kier molecular flexibility index (Phi) is 4.60. The largest absolute Gasteiger partial charge is 0.453 e. The van der Waals surface area contributed by atoms with Crippen LogP contribution in [0.3, 0.4) is 0 Å². The van der Waals surface area contributed by atoms with E-state index in [-0.39, 0.29) is 5.65 Å². The highest BCUT2D eigenvalue weighted by atomic mass is 19.4. The summed E-state index contributed by atoms with van der Waals surface area (Å²) < 4.78 is 40.3. The third-order valence-corrected chi connectivity index (χ3v) is 5.31. The second-order valence-electron chi connectivity index (χ2n) is 7.17. The molecular weight excluding hydrogens is 369 g/mol. The minimum Gasteiger partial charge on any atom is -0.371 e. The summed E-state index contributed by atoms with van der Waals surface area (Å²) in [6.45, 7) is 6.07. The van der Waals surface area contributed by atoms with Crippen molar-refractivity contribution in [1.29, 1.82) is 0 Å². The molecule has 3 heterocycles. The zero-order valence-corrected chi connectivity index (χ0v) is 15.7. The predicted molar refractivity (Wildman–Crippen MR) is 101 cm³/mol. The lowest BCUT2D eigenvalue weighted by Crippen LogP contribution is -2.23. The summed E-state index contributed by atoms with van der Waals surface area (Å²) in [5.41, 5.74) is 2.74. The Morgan fingerprint density at radius 1 is 1.11 bits per heavy atom. The molecule has 2 aromatic heterocycles. The number of aromatic nitrogens is 4. The molecule has 4 rings (SSSR count). The van der Waals surface area contributed by atoms with Crippen LogP contribution in [-0.2, 0) is 6.18 Å². The van der Waals surface area contributed by atoms with E-state index in [9.17, 15) is 13.2 Å². The Balaban J connectivity index is 1.51. The molecule has 1 aliphatic heterocycles. The monoisotopic (exact) mass is 390 g/mol. The lowest BCUT2D eigenvalue weighted by molar-refractivity contribution is -0.146. The maximum atomic E-state index is 13.2. The summed E-state index contributed by atoms with van der Waals surface area (Å²) in [6, 6.07) is 10.2. The summed E-state index contributed by atoms with van der Waals surface area (Å²) in [6.07, 6.45) is -3.59. The molecule has 1 N–H and O–H groups in total. The van der Waals surface area contributed by atoms with Crippen LogP contribution in [0.2, 0.25) is 0 Å². The van der Waals surface area contributed by atoms with E-state index < -0.39 is 12.0 Å². The molecule has 1 atom stereocenters. The number of aryl methyl sites for hydroxylation is 1. The van der Waals surface area contributed by atoms with E-state index in [0.717, 1.165) is 29.6 Å². The maximum absolute atomic E-state index is 13.2. The molecule has 0 saturated carbocycles. The summed E-state index contributed by atoms with van der Waals surface area (Å²) in [7, 11) is 0. The van der Waals surface area contributed by atoms with Crippen LogP contribution in [0.25, 0.3) is 5.65 Å². The molecule has 1 unspecified atom stereocenters. The Morgan fingerprint density at radius 3 is 2.57 bits per heavy atom. The highest BCUT2D eigenvalue weighted by Crippen LogP contribution is 2.30. The van der Waals surface area contributed by atoms with Crippen molar-refractivity contribution in [3.8, 4) is 0 Å². The normalized spacial score (nSPS) is 17.5. The van der Waals surface area contributed by atoms with Gasteiger partial charge in [0.15, 0.2) is 5.65 Å². The molecule has 1 saturated heterocycles. The fourth-order valence-electron chi connectivity index (χ4n) is 3.59. The molecule has 6 nitrogen and oxygen atoms in total. The van der Waals surface area contributed by atoms with E-state index in [1.54, 1.807) is 6.92 Å². The van der Waals surface area contributed by atoms with Gasteiger partial charge in [-0.3, -0.25) is 0 Å². The molecule has 28 heavy (non-hydrogen) atoms. The number of anilines is 2. The Morgan fingerprint density at radius 2 is 1.86 bits per heavy atom. The number of hydrogen-bond acceptors (Lipinski definition) is 5. The van der Waals surface area contributed by atoms with Crippen LogP contribution < -0.4 is 10.2 Å². The molecule has 0 bridgehead atoms. The predicted octanol–water partition coefficient (Wildman–Crippen LogP) is 3.70. The van der Waals surface area contributed by atoms with Crippen LogP contribution >= 0.6 is 0 Å². The van der Waals surface area contributed by atoms with E-state index in [0.29, 0.717) is 23.8 Å². The van der Waals surface area contributed by atoms with Crippen molar-refractivity contribution >= 4 is 17.2 Å². The first kappa shape index (κ1) is 18.5. The van der Waals surface area contributed by atoms with Gasteiger partial charge in [0, 0.05) is 30.9 Å². The number of para-hydroxylation sites is 1. The molecule has 0 radical (unpaired) electrons. The van der Waals surface area contributed by atoms with E-state index in [4.69, 9.17) is 0 Å². The van der Waals surface area contributed by atoms with Gasteiger partial charge in [-0.25, -0.2) is 0 Å². The second-order valence-corrected chi connectivity index (χ2v) is 7.17. The van der Waals surface area contributed by atoms with Crippen LogP contribution in [0.1, 0.15) is 23.4 Å². The number of benzene rings is 1. The molecule has 0 amide bonds. The van der Waals surface area contributed by atoms with E-state index in [1.807, 2.05) is 25.1 Å². The van der Waals surface area contributed by atoms with Crippen LogP contribution in [0.5, 0.6) is 0 Å². The lowest BCUT2D eigenvalue weighted by Gasteiger charge is -2.19. The first-order chi connectivity index (χ1) is 13.3. The fraction of sp³-hybridized carbons (Fsp3) is 0.421. The molecule has 0 aliphatic carbocycles. The third-order valence-electron chi connectivity index (χ3n) is 5.31. The summed E-state index contributed by atoms with van der Waals surface area (Å²) in [4.78, 5) is 2.32. The Hall–Kier alpha value is -2.84. The van der Waals surface area contributed by atoms with Crippen LogP contribution in [0, 0.1) is 19.8 Å². The fourth-order valence-corrected chi connectivity index (χ4v) is 3.59. The number of hydrogen-bond donors (Lipinski definition) is 1. The van der Waals surface area contributed by atoms with Gasteiger partial charge < -0.3 is 10.2 Å². The molecular formula is C19H21F3N6. The number of nitrogens with one attached hydrogen (secondary N) is 1. The first-order valence-electron chi connectivity index (χ1n) is 9.18. The Bertz CT molecular complexity index is 983. The molecule has 9 heteroatoms. The minimum atomic E-state index is -4.60. The van der Waals surface area contributed by atoms with Crippen molar-refractivity contribution in [3.63, 3.8) is 0 Å². The van der Waals surface area contributed by atoms with Crippen molar-refractivity contribution < 1.29 is 13.2 Å². The van der Waals surface area contributed by atoms with Crippen LogP contribution in [0.15, 0.2) is 30.3 Å². The molecule has 1 fully saturated rings. The lowest BCUT2D eigenvalue weighted by atomic mass is 10.1. The summed E-state index contributed by atoms with van der Waals surface area (Å²) in [5, 5.41) is 14.3. The Labute approximate surface area is 160 Å². The number of alkyl halides is 3. The zero-order valence-electron chi connectivity index (χ0n) is 15.7. The minimum absolute atomic E-state index is 0.131. The van der Waals surface area contributed by atoms with E-state index in [2.05, 4.69) is 37.6 Å². The first-order valence-corrected chi connectivity index (χ1v) is 9.18. The van der Waals surface area contributed by atoms with Gasteiger partial charge in [0.1, 0.15) is 5.82 Å². The molecule has 0 spiro atoms. The van der Waals surface area contributed by atoms with E-state index in [1.165, 1.54) is 5.69 Å². The molecule has 3 aromatic rings. The van der Waals surface area contributed by atoms with Gasteiger partial charge in [-0.15, -0.1) is 15.3 Å². The summed E-state index contributed by atoms with van der Waals surface area (Å²) in [5.74, 6) is -0.279. The van der Waals surface area contributed by atoms with Crippen molar-refractivity contribution in [3.05, 3.63) is 47.3 Å². The number of rotatable bonds is 4. The standard InChI is InChI=1S/C19H21F3N6/c1-12-13(2)17-24-25-18(19(20,21)22)28(17)26-16(12)23-10-14-8-9-27(11-14)15-6-4-3-5-7-15/h3-7,14H,8-11H2,1-2H3,(H,23,26). The smallest absolute Gasteiger partial charge is 0.371 e. The van der Waals surface area contributed by atoms with Gasteiger partial charge in [0.05, 0.1) is 0 Å². The van der Waals surface area contributed by atoms with Gasteiger partial charge in [-0.2, -0.15) is 17.7 Å². The average molecular weight is 390 g/mol. The van der Waals surface area contributed by atoms with Crippen molar-refractivity contribution in [2.45, 2.75) is 26.4 Å². The van der Waals surface area contributed by atoms with Crippen molar-refractivity contribution in [2.24, 2.45) is 5.92 Å². The van der Waals surface area contributed by atoms with Gasteiger partial charge in [-0.1, -0.05) is 18.2 Å². The van der Waals surface area contributed by atoms with Gasteiger partial charge in [0.2, 0.25) is 0 Å². The number of fused-ring (bicyclic) bond motifs is 1. The third kappa shape index (κ3) is 3.36. The number of halogens is 3. The maximum Gasteiger partial charge on any atom is 0.453 e. The summed E-state index contributed by atoms with van der Waals surface area (Å²) >= 11 is 0. The van der Waals surface area contributed by atoms with E-state index >= 15 is 0 Å². The quantitative estimate of drug-likeness (QED) is 0.736. The SMILES string of the molecule is Cc1c(NCC2CCN(c3ccccc3)C2)nn2c(C(F)(F)F)nnc2c1C. The topological polar surface area (TPSA) is 58.4 Å². The van der Waals surface area contributed by atoms with Gasteiger partial charge in [0.25, 0.3) is 5.82 Å². The number of nitrogens with zero attached hydrogens (tertiary/aromatic N) is 5. The van der Waals surface area contributed by atoms with Gasteiger partial charge in [-0.05, 0) is 43.9 Å². The highest BCUT2D eigenvalue weighted by Gasteiger charge is 2.38.